The zero-order chi connectivity index (χ0) is 11.5. The van der Waals surface area contributed by atoms with Gasteiger partial charge in [0, 0.05) is 12.3 Å². The number of nitrogens with zero attached hydrogens (tertiary/aromatic N) is 1. The van der Waals surface area contributed by atoms with Crippen LogP contribution in [0.4, 0.5) is 0 Å². The molecule has 0 aliphatic rings. The summed E-state index contributed by atoms with van der Waals surface area (Å²) in [6.45, 7) is 7.54. The molecule has 1 N–H and O–H groups in total. The maximum atomic E-state index is 9.96. The molecule has 0 fully saturated rings. The van der Waals surface area contributed by atoms with Crippen LogP contribution in [-0.4, -0.2) is 21.8 Å². The molecule has 1 heterocycles. The first-order valence-corrected chi connectivity index (χ1v) is 5.21. The Kier molecular flexibility index (Phi) is 3.69. The van der Waals surface area contributed by atoms with E-state index in [0.29, 0.717) is 5.88 Å². The van der Waals surface area contributed by atoms with Gasteiger partial charge in [0.1, 0.15) is 6.10 Å². The summed E-state index contributed by atoms with van der Waals surface area (Å²) in [7, 11) is 0. The first-order valence-electron chi connectivity index (χ1n) is 5.21. The molecule has 1 atom stereocenters. The van der Waals surface area contributed by atoms with E-state index in [1.54, 1.807) is 26.1 Å². The highest BCUT2D eigenvalue weighted by Gasteiger charge is 2.31. The highest BCUT2D eigenvalue weighted by atomic mass is 16.5. The Labute approximate surface area is 91.1 Å². The van der Waals surface area contributed by atoms with E-state index in [-0.39, 0.29) is 12.0 Å². The van der Waals surface area contributed by atoms with Crippen LogP contribution < -0.4 is 4.74 Å². The lowest BCUT2D eigenvalue weighted by Gasteiger charge is -2.32. The second kappa shape index (κ2) is 4.62. The average Bonchev–Trinajstić information content (AvgIpc) is 2.13. The summed E-state index contributed by atoms with van der Waals surface area (Å²) >= 11 is 0. The molecule has 0 saturated carbocycles. The second-order valence-corrected chi connectivity index (χ2v) is 4.60. The van der Waals surface area contributed by atoms with Gasteiger partial charge >= 0.3 is 0 Å². The van der Waals surface area contributed by atoms with Gasteiger partial charge in [-0.3, -0.25) is 0 Å². The smallest absolute Gasteiger partial charge is 0.213 e. The van der Waals surface area contributed by atoms with Crippen molar-refractivity contribution in [3.63, 3.8) is 0 Å². The normalized spacial score (nSPS) is 14.0. The van der Waals surface area contributed by atoms with Crippen molar-refractivity contribution in [3.8, 4) is 5.88 Å². The lowest BCUT2D eigenvalue weighted by atomic mass is 9.92. The molecule has 0 saturated heterocycles. The number of rotatable bonds is 4. The van der Waals surface area contributed by atoms with Crippen LogP contribution in [0.15, 0.2) is 24.4 Å². The minimum absolute atomic E-state index is 0.229. The van der Waals surface area contributed by atoms with Crippen molar-refractivity contribution in [3.05, 3.63) is 24.4 Å². The molecule has 0 aliphatic heterocycles. The summed E-state index contributed by atoms with van der Waals surface area (Å²) < 4.78 is 5.68. The molecule has 1 aromatic heterocycles. The zero-order valence-corrected chi connectivity index (χ0v) is 9.77. The van der Waals surface area contributed by atoms with Gasteiger partial charge in [-0.2, -0.15) is 0 Å². The Balaban J connectivity index is 2.77. The fourth-order valence-electron chi connectivity index (χ4n) is 1.64. The van der Waals surface area contributed by atoms with E-state index in [1.807, 2.05) is 26.0 Å². The van der Waals surface area contributed by atoms with E-state index in [1.165, 1.54) is 0 Å². The number of pyridine rings is 1. The van der Waals surface area contributed by atoms with Crippen molar-refractivity contribution < 1.29 is 9.84 Å². The van der Waals surface area contributed by atoms with Crippen LogP contribution in [0.5, 0.6) is 5.88 Å². The van der Waals surface area contributed by atoms with Crippen molar-refractivity contribution in [1.82, 2.24) is 4.98 Å². The third-order valence-electron chi connectivity index (χ3n) is 2.19. The van der Waals surface area contributed by atoms with Crippen molar-refractivity contribution >= 4 is 0 Å². The molecule has 0 aromatic carbocycles. The van der Waals surface area contributed by atoms with E-state index in [2.05, 4.69) is 4.98 Å². The highest BCUT2D eigenvalue weighted by molar-refractivity contribution is 5.10. The number of ether oxygens (including phenoxy) is 1. The summed E-state index contributed by atoms with van der Waals surface area (Å²) in [6.07, 6.45) is 1.42. The SMILES string of the molecule is CC(C)[C@H](Oc1ccccn1)C(C)(C)O. The quantitative estimate of drug-likeness (QED) is 0.827. The van der Waals surface area contributed by atoms with Crippen LogP contribution in [0.3, 0.4) is 0 Å². The standard InChI is InChI=1S/C12H19NO2/c1-9(2)11(12(3,4)14)15-10-7-5-6-8-13-10/h5-9,11,14H,1-4H3/t11-/m0/s1. The van der Waals surface area contributed by atoms with Gasteiger partial charge in [0.05, 0.1) is 5.60 Å². The topological polar surface area (TPSA) is 42.4 Å². The number of hydrogen-bond acceptors (Lipinski definition) is 3. The van der Waals surface area contributed by atoms with Crippen molar-refractivity contribution in [1.29, 1.82) is 0 Å². The van der Waals surface area contributed by atoms with Gasteiger partial charge in [0.15, 0.2) is 0 Å². The minimum Gasteiger partial charge on any atom is -0.471 e. The third kappa shape index (κ3) is 3.51. The van der Waals surface area contributed by atoms with Crippen LogP contribution in [0.1, 0.15) is 27.7 Å². The Morgan fingerprint density at radius 1 is 1.33 bits per heavy atom. The van der Waals surface area contributed by atoms with Gasteiger partial charge in [-0.15, -0.1) is 0 Å². The molecule has 84 valence electrons. The first-order chi connectivity index (χ1) is 6.91. The molecular weight excluding hydrogens is 190 g/mol. The summed E-state index contributed by atoms with van der Waals surface area (Å²) in [4.78, 5) is 4.08. The Hall–Kier alpha value is -1.09. The van der Waals surface area contributed by atoms with E-state index in [9.17, 15) is 5.11 Å². The summed E-state index contributed by atoms with van der Waals surface area (Å²) in [5, 5.41) is 9.96. The molecule has 0 radical (unpaired) electrons. The minimum atomic E-state index is -0.869. The highest BCUT2D eigenvalue weighted by Crippen LogP contribution is 2.22. The largest absolute Gasteiger partial charge is 0.471 e. The predicted molar refractivity (Wildman–Crippen MR) is 59.8 cm³/mol. The zero-order valence-electron chi connectivity index (χ0n) is 9.77. The Bertz CT molecular complexity index is 290. The molecule has 0 bridgehead atoms. The molecule has 15 heavy (non-hydrogen) atoms. The van der Waals surface area contributed by atoms with Crippen LogP contribution in [-0.2, 0) is 0 Å². The van der Waals surface area contributed by atoms with Gasteiger partial charge < -0.3 is 9.84 Å². The van der Waals surface area contributed by atoms with Crippen LogP contribution in [0, 0.1) is 5.92 Å². The van der Waals surface area contributed by atoms with Crippen molar-refractivity contribution in [2.75, 3.05) is 0 Å². The molecule has 3 nitrogen and oxygen atoms in total. The molecule has 3 heteroatoms. The average molecular weight is 209 g/mol. The van der Waals surface area contributed by atoms with Gasteiger partial charge in [0.25, 0.3) is 0 Å². The van der Waals surface area contributed by atoms with Crippen molar-refractivity contribution in [2.24, 2.45) is 5.92 Å². The van der Waals surface area contributed by atoms with E-state index < -0.39 is 5.60 Å². The Morgan fingerprint density at radius 3 is 2.40 bits per heavy atom. The van der Waals surface area contributed by atoms with Gasteiger partial charge in [-0.25, -0.2) is 4.98 Å². The van der Waals surface area contributed by atoms with Gasteiger partial charge in [-0.1, -0.05) is 19.9 Å². The molecule has 1 aromatic rings. The maximum Gasteiger partial charge on any atom is 0.213 e. The summed E-state index contributed by atoms with van der Waals surface area (Å²) in [5.74, 6) is 0.783. The van der Waals surface area contributed by atoms with Crippen LogP contribution in [0.2, 0.25) is 0 Å². The van der Waals surface area contributed by atoms with Crippen LogP contribution >= 0.6 is 0 Å². The van der Waals surface area contributed by atoms with E-state index >= 15 is 0 Å². The number of aliphatic hydroxyl groups is 1. The maximum absolute atomic E-state index is 9.96. The molecule has 0 amide bonds. The monoisotopic (exact) mass is 209 g/mol. The summed E-state index contributed by atoms with van der Waals surface area (Å²) in [5.41, 5.74) is -0.869. The molecule has 1 rings (SSSR count). The lowest BCUT2D eigenvalue weighted by molar-refractivity contribution is -0.0568. The fraction of sp³-hybridized carbons (Fsp3) is 0.583. The molecular formula is C12H19NO2. The van der Waals surface area contributed by atoms with E-state index in [0.717, 1.165) is 0 Å². The lowest BCUT2D eigenvalue weighted by Crippen LogP contribution is -2.44. The van der Waals surface area contributed by atoms with Gasteiger partial charge in [-0.05, 0) is 25.8 Å². The number of aromatic nitrogens is 1. The van der Waals surface area contributed by atoms with Crippen molar-refractivity contribution in [2.45, 2.75) is 39.4 Å². The third-order valence-corrected chi connectivity index (χ3v) is 2.19. The second-order valence-electron chi connectivity index (χ2n) is 4.60. The molecule has 0 unspecified atom stereocenters. The first kappa shape index (κ1) is 12.0. The molecule has 0 aliphatic carbocycles. The number of hydrogen-bond donors (Lipinski definition) is 1. The summed E-state index contributed by atoms with van der Waals surface area (Å²) in [6, 6.07) is 5.49. The predicted octanol–water partition coefficient (Wildman–Crippen LogP) is 2.26. The fourth-order valence-corrected chi connectivity index (χ4v) is 1.64. The Morgan fingerprint density at radius 2 is 2.00 bits per heavy atom. The molecule has 0 spiro atoms. The van der Waals surface area contributed by atoms with Gasteiger partial charge in [0.2, 0.25) is 5.88 Å². The van der Waals surface area contributed by atoms with Crippen LogP contribution in [0.25, 0.3) is 0 Å². The van der Waals surface area contributed by atoms with E-state index in [4.69, 9.17) is 4.74 Å².